The van der Waals surface area contributed by atoms with Gasteiger partial charge < -0.3 is 9.26 Å². The highest BCUT2D eigenvalue weighted by Crippen LogP contribution is 2.49. The van der Waals surface area contributed by atoms with Crippen molar-refractivity contribution in [1.82, 2.24) is 9.72 Å². The first-order valence-corrected chi connectivity index (χ1v) is 12.5. The number of benzene rings is 2. The summed E-state index contributed by atoms with van der Waals surface area (Å²) in [7, 11) is -2.76. The normalized spacial score (nSPS) is 17.1. The van der Waals surface area contributed by atoms with Crippen LogP contribution >= 0.6 is 0 Å². The smallest absolute Gasteiger partial charge is 0.393 e. The maximum atomic E-state index is 15.0. The number of anilines is 1. The highest BCUT2D eigenvalue weighted by atomic mass is 32.2. The maximum absolute atomic E-state index is 15.0. The van der Waals surface area contributed by atoms with Crippen LogP contribution in [0.3, 0.4) is 0 Å². The molecule has 13 heteroatoms. The van der Waals surface area contributed by atoms with Crippen LogP contribution in [-0.4, -0.2) is 31.4 Å². The van der Waals surface area contributed by atoms with Crippen molar-refractivity contribution in [2.45, 2.75) is 17.5 Å². The Balaban J connectivity index is 1.54. The van der Waals surface area contributed by atoms with Crippen LogP contribution in [0.5, 0.6) is 5.75 Å². The van der Waals surface area contributed by atoms with E-state index in [2.05, 4.69) is 26.2 Å². The molecule has 196 valence electrons. The molecule has 0 radical (unpaired) electrons. The molecule has 8 nitrogen and oxygen atoms in total. The second kappa shape index (κ2) is 9.21. The highest BCUT2D eigenvalue weighted by Gasteiger charge is 2.55. The van der Waals surface area contributed by atoms with Crippen molar-refractivity contribution >= 4 is 26.7 Å². The first kappa shape index (κ1) is 25.3. The summed E-state index contributed by atoms with van der Waals surface area (Å²) in [5.41, 5.74) is -0.488. The van der Waals surface area contributed by atoms with Crippen LogP contribution in [0.25, 0.3) is 16.6 Å². The van der Waals surface area contributed by atoms with Crippen LogP contribution in [0.1, 0.15) is 12.0 Å². The molecule has 0 saturated heterocycles. The topological polar surface area (TPSA) is 103 Å². The molecule has 1 saturated carbocycles. The van der Waals surface area contributed by atoms with E-state index in [0.717, 1.165) is 10.6 Å². The summed E-state index contributed by atoms with van der Waals surface area (Å²) in [6, 6.07) is 10.1. The van der Waals surface area contributed by atoms with E-state index < -0.39 is 39.4 Å². The van der Waals surface area contributed by atoms with Gasteiger partial charge in [-0.1, -0.05) is 17.0 Å². The minimum absolute atomic E-state index is 0.00192. The molecule has 1 fully saturated rings. The first-order valence-electron chi connectivity index (χ1n) is 11.0. The summed E-state index contributed by atoms with van der Waals surface area (Å²) >= 11 is 0. The molecule has 0 bridgehead atoms. The largest absolute Gasteiger partial charge is 0.495 e. The van der Waals surface area contributed by atoms with Gasteiger partial charge in [0.15, 0.2) is 5.82 Å². The van der Waals surface area contributed by atoms with Gasteiger partial charge in [-0.05, 0) is 30.7 Å². The van der Waals surface area contributed by atoms with Gasteiger partial charge in [-0.15, -0.1) is 0 Å². The van der Waals surface area contributed by atoms with Crippen LogP contribution in [-0.2, 0) is 10.0 Å². The second-order valence-corrected chi connectivity index (χ2v) is 10.2. The number of hydrogen-bond donors (Lipinski definition) is 1. The molecule has 2 heterocycles. The van der Waals surface area contributed by atoms with Gasteiger partial charge in [-0.3, -0.25) is 14.1 Å². The molecule has 1 aliphatic rings. The molecular formula is C25H17F4N3O5S. The average molecular weight is 547 g/mol. The number of rotatable bonds is 5. The fourth-order valence-corrected chi connectivity index (χ4v) is 4.99. The van der Waals surface area contributed by atoms with Gasteiger partial charge in [-0.25, -0.2) is 12.8 Å². The van der Waals surface area contributed by atoms with E-state index in [4.69, 9.17) is 4.74 Å². The summed E-state index contributed by atoms with van der Waals surface area (Å²) in [5.74, 6) is 1.64. The summed E-state index contributed by atoms with van der Waals surface area (Å²) in [4.78, 5) is 12.7. The molecule has 4 aromatic rings. The number of pyridine rings is 1. The molecule has 2 aromatic carbocycles. The lowest BCUT2D eigenvalue weighted by molar-refractivity contribution is -0.149. The second-order valence-electron chi connectivity index (χ2n) is 8.48. The molecule has 0 unspecified atom stereocenters. The zero-order chi connectivity index (χ0) is 27.2. The standard InChI is InChI=1S/C25H17F4N3O5S/c1-36-22-12-15(3-2-14-11-18(14)25(27,28)29)19(26)13-21(22)32-20-6-5-17(10-16(20)4-7-24(32)33)38(34,35)31-23-8-9-37-30-23/h4-10,12-14,18H,11H2,1H3,(H,30,31)/t14-,18-/m1/s1. The summed E-state index contributed by atoms with van der Waals surface area (Å²) in [6.07, 6.45) is -3.28. The van der Waals surface area contributed by atoms with Gasteiger partial charge in [0.2, 0.25) is 0 Å². The summed E-state index contributed by atoms with van der Waals surface area (Å²) in [5, 5.41) is 3.85. The van der Waals surface area contributed by atoms with Crippen molar-refractivity contribution in [3.63, 3.8) is 0 Å². The Bertz CT molecular complexity index is 1770. The number of fused-ring (bicyclic) bond motifs is 1. The third kappa shape index (κ3) is 4.82. The number of halogens is 4. The van der Waals surface area contributed by atoms with Crippen molar-refractivity contribution in [1.29, 1.82) is 0 Å². The molecule has 5 rings (SSSR count). The maximum Gasteiger partial charge on any atom is 0.393 e. The number of hydrogen-bond acceptors (Lipinski definition) is 6. The number of ether oxygens (including phenoxy) is 1. The average Bonchev–Trinajstić information content (AvgIpc) is 3.50. The van der Waals surface area contributed by atoms with Crippen molar-refractivity contribution < 1.29 is 35.2 Å². The van der Waals surface area contributed by atoms with Crippen LogP contribution < -0.4 is 15.0 Å². The summed E-state index contributed by atoms with van der Waals surface area (Å²) < 4.78 is 92.1. The molecular weight excluding hydrogens is 530 g/mol. The lowest BCUT2D eigenvalue weighted by Crippen LogP contribution is -2.19. The Labute approximate surface area is 212 Å². The number of sulfonamides is 1. The van der Waals surface area contributed by atoms with Crippen LogP contribution in [0, 0.1) is 29.5 Å². The van der Waals surface area contributed by atoms with E-state index >= 15 is 0 Å². The number of aromatic nitrogens is 2. The Hall–Kier alpha value is -4.31. The quantitative estimate of drug-likeness (QED) is 0.292. The number of alkyl halides is 3. The van der Waals surface area contributed by atoms with E-state index in [9.17, 15) is 30.8 Å². The number of nitrogens with zero attached hydrogens (tertiary/aromatic N) is 2. The van der Waals surface area contributed by atoms with Crippen molar-refractivity contribution in [2.24, 2.45) is 11.8 Å². The van der Waals surface area contributed by atoms with Gasteiger partial charge in [0.1, 0.15) is 17.8 Å². The third-order valence-electron chi connectivity index (χ3n) is 5.97. The molecule has 0 aliphatic heterocycles. The molecule has 1 N–H and O–H groups in total. The van der Waals surface area contributed by atoms with Crippen LogP contribution in [0.2, 0.25) is 0 Å². The SMILES string of the molecule is COc1cc(C#C[C@@H]2C[C@H]2C(F)(F)F)c(F)cc1-n1c(=O)ccc2cc(S(=O)(=O)Nc3ccon3)ccc21. The third-order valence-corrected chi connectivity index (χ3v) is 7.32. The Morgan fingerprint density at radius 1 is 1.16 bits per heavy atom. The van der Waals surface area contributed by atoms with Gasteiger partial charge in [0, 0.05) is 35.6 Å². The van der Waals surface area contributed by atoms with Crippen molar-refractivity contribution in [2.75, 3.05) is 11.8 Å². The van der Waals surface area contributed by atoms with Gasteiger partial charge in [0.25, 0.3) is 15.6 Å². The van der Waals surface area contributed by atoms with Gasteiger partial charge >= 0.3 is 6.18 Å². The minimum Gasteiger partial charge on any atom is -0.495 e. The van der Waals surface area contributed by atoms with Crippen molar-refractivity contribution in [3.05, 3.63) is 76.5 Å². The lowest BCUT2D eigenvalue weighted by atomic mass is 10.1. The fraction of sp³-hybridized carbons (Fsp3) is 0.200. The van der Waals surface area contributed by atoms with E-state index in [1.807, 2.05) is 0 Å². The molecule has 38 heavy (non-hydrogen) atoms. The first-order chi connectivity index (χ1) is 18.0. The molecule has 2 aromatic heterocycles. The number of nitrogens with one attached hydrogen (secondary N) is 1. The predicted molar refractivity (Wildman–Crippen MR) is 128 cm³/mol. The molecule has 0 amide bonds. The molecule has 1 aliphatic carbocycles. The fourth-order valence-electron chi connectivity index (χ4n) is 3.97. The zero-order valence-corrected chi connectivity index (χ0v) is 20.2. The lowest BCUT2D eigenvalue weighted by Gasteiger charge is -2.15. The zero-order valence-electron chi connectivity index (χ0n) is 19.4. The van der Waals surface area contributed by atoms with Crippen LogP contribution in [0.4, 0.5) is 23.4 Å². The van der Waals surface area contributed by atoms with Crippen LogP contribution in [0.15, 0.2) is 69.0 Å². The van der Waals surface area contributed by atoms with E-state index in [0.29, 0.717) is 5.39 Å². The predicted octanol–water partition coefficient (Wildman–Crippen LogP) is 4.48. The Morgan fingerprint density at radius 2 is 1.95 bits per heavy atom. The van der Waals surface area contributed by atoms with Gasteiger partial charge in [0.05, 0.1) is 34.7 Å². The van der Waals surface area contributed by atoms with E-state index in [-0.39, 0.29) is 39.7 Å². The molecule has 2 atom stereocenters. The Morgan fingerprint density at radius 3 is 2.61 bits per heavy atom. The van der Waals surface area contributed by atoms with E-state index in [1.54, 1.807) is 0 Å². The minimum atomic E-state index is -4.35. The highest BCUT2D eigenvalue weighted by molar-refractivity contribution is 7.92. The van der Waals surface area contributed by atoms with Crippen molar-refractivity contribution in [3.8, 4) is 23.3 Å². The Kier molecular flexibility index (Phi) is 6.15. The van der Waals surface area contributed by atoms with E-state index in [1.165, 1.54) is 55.8 Å². The monoisotopic (exact) mass is 547 g/mol. The van der Waals surface area contributed by atoms with Gasteiger partial charge in [-0.2, -0.15) is 13.2 Å². The molecule has 0 spiro atoms. The number of methoxy groups -OCH3 is 1. The summed E-state index contributed by atoms with van der Waals surface area (Å²) in [6.45, 7) is 0.